The molecule has 0 atom stereocenters. The molecule has 140 valence electrons. The number of aryl methyl sites for hydroxylation is 2. The number of nitrogens with zero attached hydrogens (tertiary/aromatic N) is 3. The molecule has 1 amide bonds. The summed E-state index contributed by atoms with van der Waals surface area (Å²) in [6, 6.07) is 4.52. The van der Waals surface area contributed by atoms with Crippen molar-refractivity contribution in [3.05, 3.63) is 22.9 Å². The number of anilines is 1. The first-order valence-corrected chi connectivity index (χ1v) is 9.57. The van der Waals surface area contributed by atoms with Crippen LogP contribution in [0.25, 0.3) is 0 Å². The third kappa shape index (κ3) is 4.53. The average Bonchev–Trinajstić information content (AvgIpc) is 2.62. The summed E-state index contributed by atoms with van der Waals surface area (Å²) in [5.41, 5.74) is 2.59. The summed E-state index contributed by atoms with van der Waals surface area (Å²) < 4.78 is 5.34. The van der Waals surface area contributed by atoms with Crippen molar-refractivity contribution in [3.63, 3.8) is 0 Å². The molecule has 0 saturated carbocycles. The summed E-state index contributed by atoms with van der Waals surface area (Å²) in [5, 5.41) is 12.6. The van der Waals surface area contributed by atoms with E-state index in [4.69, 9.17) is 4.74 Å². The first-order chi connectivity index (χ1) is 12.6. The van der Waals surface area contributed by atoms with Gasteiger partial charge in [0.2, 0.25) is 5.91 Å². The maximum atomic E-state index is 12.3. The first kappa shape index (κ1) is 18.7. The lowest BCUT2D eigenvalue weighted by atomic mass is 9.92. The molecule has 2 aliphatic heterocycles. The van der Waals surface area contributed by atoms with Gasteiger partial charge in [-0.2, -0.15) is 5.26 Å². The maximum absolute atomic E-state index is 12.3. The Labute approximate surface area is 155 Å². The molecular weight excluding hydrogens is 328 g/mol. The fourth-order valence-electron chi connectivity index (χ4n) is 3.92. The number of carbonyl (C=O) groups is 1. The smallest absolute Gasteiger partial charge is 0.220 e. The van der Waals surface area contributed by atoms with E-state index in [0.717, 1.165) is 69.1 Å². The molecule has 2 fully saturated rings. The molecule has 3 heterocycles. The van der Waals surface area contributed by atoms with Gasteiger partial charge in [-0.05, 0) is 57.1 Å². The SMILES string of the molecule is Cc1cc(C)c(C#N)c(N2CCC(CC(=O)NC3CCOCC3)CC2)n1. The van der Waals surface area contributed by atoms with Gasteiger partial charge in [0.05, 0.1) is 5.56 Å². The molecule has 3 rings (SSSR count). The van der Waals surface area contributed by atoms with E-state index in [1.165, 1.54) is 0 Å². The van der Waals surface area contributed by atoms with Crippen LogP contribution >= 0.6 is 0 Å². The van der Waals surface area contributed by atoms with E-state index in [1.807, 2.05) is 19.9 Å². The van der Waals surface area contributed by atoms with Crippen LogP contribution in [-0.2, 0) is 9.53 Å². The number of piperidine rings is 1. The highest BCUT2D eigenvalue weighted by molar-refractivity contribution is 5.76. The van der Waals surface area contributed by atoms with E-state index in [0.29, 0.717) is 17.9 Å². The third-order valence-corrected chi connectivity index (χ3v) is 5.41. The van der Waals surface area contributed by atoms with Crippen molar-refractivity contribution in [2.75, 3.05) is 31.2 Å². The molecule has 2 aliphatic rings. The van der Waals surface area contributed by atoms with Gasteiger partial charge < -0.3 is 15.0 Å². The van der Waals surface area contributed by atoms with Gasteiger partial charge in [-0.1, -0.05) is 0 Å². The van der Waals surface area contributed by atoms with Crippen LogP contribution in [0.4, 0.5) is 5.82 Å². The van der Waals surface area contributed by atoms with Gasteiger partial charge in [0.15, 0.2) is 0 Å². The molecule has 1 N–H and O–H groups in total. The third-order valence-electron chi connectivity index (χ3n) is 5.41. The molecule has 0 aliphatic carbocycles. The monoisotopic (exact) mass is 356 g/mol. The van der Waals surface area contributed by atoms with Crippen LogP contribution in [-0.4, -0.2) is 43.2 Å². The molecule has 1 aromatic rings. The second kappa shape index (κ2) is 8.50. The van der Waals surface area contributed by atoms with E-state index in [1.54, 1.807) is 0 Å². The maximum Gasteiger partial charge on any atom is 0.220 e. The van der Waals surface area contributed by atoms with Crippen LogP contribution in [0, 0.1) is 31.1 Å². The molecule has 0 bridgehead atoms. The molecule has 0 aromatic carbocycles. The van der Waals surface area contributed by atoms with E-state index >= 15 is 0 Å². The number of nitriles is 1. The summed E-state index contributed by atoms with van der Waals surface area (Å²) in [7, 11) is 0. The zero-order chi connectivity index (χ0) is 18.5. The molecule has 26 heavy (non-hydrogen) atoms. The normalized spacial score (nSPS) is 19.2. The average molecular weight is 356 g/mol. The number of pyridine rings is 1. The second-order valence-corrected chi connectivity index (χ2v) is 7.48. The number of aromatic nitrogens is 1. The van der Waals surface area contributed by atoms with E-state index < -0.39 is 0 Å². The van der Waals surface area contributed by atoms with Crippen LogP contribution in [0.2, 0.25) is 0 Å². The zero-order valence-corrected chi connectivity index (χ0v) is 15.8. The van der Waals surface area contributed by atoms with E-state index in [-0.39, 0.29) is 11.9 Å². The molecule has 6 heteroatoms. The zero-order valence-electron chi connectivity index (χ0n) is 15.8. The molecule has 0 spiro atoms. The standard InChI is InChI=1S/C20H28N4O2/c1-14-11-15(2)22-20(18(14)13-21)24-7-3-16(4-8-24)12-19(25)23-17-5-9-26-10-6-17/h11,16-17H,3-10,12H2,1-2H3,(H,23,25). The number of hydrogen-bond donors (Lipinski definition) is 1. The topological polar surface area (TPSA) is 78.2 Å². The van der Waals surface area contributed by atoms with Crippen molar-refractivity contribution < 1.29 is 9.53 Å². The molecule has 0 unspecified atom stereocenters. The van der Waals surface area contributed by atoms with Crippen molar-refractivity contribution in [2.45, 2.75) is 52.0 Å². The number of nitrogens with one attached hydrogen (secondary N) is 1. The van der Waals surface area contributed by atoms with Crippen molar-refractivity contribution in [1.29, 1.82) is 5.26 Å². The Balaban J connectivity index is 1.53. The molecule has 0 radical (unpaired) electrons. The van der Waals surface area contributed by atoms with E-state index in [9.17, 15) is 10.1 Å². The minimum absolute atomic E-state index is 0.164. The fourth-order valence-corrected chi connectivity index (χ4v) is 3.92. The first-order valence-electron chi connectivity index (χ1n) is 9.57. The predicted octanol–water partition coefficient (Wildman–Crippen LogP) is 2.47. The van der Waals surface area contributed by atoms with Crippen LogP contribution < -0.4 is 10.2 Å². The number of ether oxygens (including phenoxy) is 1. The summed E-state index contributed by atoms with van der Waals surface area (Å²) in [6.07, 6.45) is 4.34. The second-order valence-electron chi connectivity index (χ2n) is 7.48. The predicted molar refractivity (Wildman–Crippen MR) is 100.0 cm³/mol. The van der Waals surface area contributed by atoms with Crippen molar-refractivity contribution >= 4 is 11.7 Å². The Morgan fingerprint density at radius 2 is 2.00 bits per heavy atom. The highest BCUT2D eigenvalue weighted by atomic mass is 16.5. The lowest BCUT2D eigenvalue weighted by Crippen LogP contribution is -2.41. The Kier molecular flexibility index (Phi) is 6.10. The number of carbonyl (C=O) groups excluding carboxylic acids is 1. The van der Waals surface area contributed by atoms with Gasteiger partial charge in [-0.15, -0.1) is 0 Å². The largest absolute Gasteiger partial charge is 0.381 e. The van der Waals surface area contributed by atoms with Gasteiger partial charge in [-0.25, -0.2) is 4.98 Å². The minimum Gasteiger partial charge on any atom is -0.381 e. The number of hydrogen-bond acceptors (Lipinski definition) is 5. The Morgan fingerprint density at radius 3 is 2.65 bits per heavy atom. The summed E-state index contributed by atoms with van der Waals surface area (Å²) in [5.74, 6) is 1.37. The summed E-state index contributed by atoms with van der Waals surface area (Å²) >= 11 is 0. The highest BCUT2D eigenvalue weighted by Gasteiger charge is 2.25. The van der Waals surface area contributed by atoms with Crippen molar-refractivity contribution in [3.8, 4) is 6.07 Å². The lowest BCUT2D eigenvalue weighted by Gasteiger charge is -2.33. The van der Waals surface area contributed by atoms with Crippen LogP contribution in [0.1, 0.15) is 48.9 Å². The molecule has 2 saturated heterocycles. The van der Waals surface area contributed by atoms with Gasteiger partial charge in [0, 0.05) is 44.5 Å². The van der Waals surface area contributed by atoms with Crippen molar-refractivity contribution in [2.24, 2.45) is 5.92 Å². The Hall–Kier alpha value is -2.13. The highest BCUT2D eigenvalue weighted by Crippen LogP contribution is 2.28. The molecule has 6 nitrogen and oxygen atoms in total. The van der Waals surface area contributed by atoms with Gasteiger partial charge in [-0.3, -0.25) is 4.79 Å². The Bertz CT molecular complexity index is 684. The summed E-state index contributed by atoms with van der Waals surface area (Å²) in [4.78, 5) is 19.1. The van der Waals surface area contributed by atoms with Gasteiger partial charge in [0.25, 0.3) is 0 Å². The lowest BCUT2D eigenvalue weighted by molar-refractivity contribution is -0.123. The van der Waals surface area contributed by atoms with E-state index in [2.05, 4.69) is 21.3 Å². The molecule has 1 aromatic heterocycles. The van der Waals surface area contributed by atoms with Crippen LogP contribution in [0.3, 0.4) is 0 Å². The number of rotatable bonds is 4. The quantitative estimate of drug-likeness (QED) is 0.897. The fraction of sp³-hybridized carbons (Fsp3) is 0.650. The Morgan fingerprint density at radius 1 is 1.31 bits per heavy atom. The van der Waals surface area contributed by atoms with Crippen molar-refractivity contribution in [1.82, 2.24) is 10.3 Å². The van der Waals surface area contributed by atoms with Crippen LogP contribution in [0.15, 0.2) is 6.07 Å². The minimum atomic E-state index is 0.164. The van der Waals surface area contributed by atoms with Crippen LogP contribution in [0.5, 0.6) is 0 Å². The summed E-state index contributed by atoms with van der Waals surface area (Å²) in [6.45, 7) is 7.11. The number of amides is 1. The molecular formula is C20H28N4O2. The van der Waals surface area contributed by atoms with Gasteiger partial charge in [0.1, 0.15) is 11.9 Å². The van der Waals surface area contributed by atoms with Gasteiger partial charge >= 0.3 is 0 Å².